The molecule has 2 rings (SSSR count). The number of aryl methyl sites for hydroxylation is 1. The first kappa shape index (κ1) is 11.5. The lowest BCUT2D eigenvalue weighted by atomic mass is 10.2. The van der Waals surface area contributed by atoms with E-state index in [1.54, 1.807) is 0 Å². The number of ether oxygens (including phenoxy) is 1. The Bertz CT molecular complexity index is 320. The van der Waals surface area contributed by atoms with Crippen LogP contribution in [-0.2, 0) is 6.42 Å². The molecule has 0 radical (unpaired) electrons. The second-order valence-electron chi connectivity index (χ2n) is 4.54. The Morgan fingerprint density at radius 1 is 1.25 bits per heavy atom. The Hall–Kier alpha value is -1.02. The quantitative estimate of drug-likeness (QED) is 0.840. The molecule has 0 bridgehead atoms. The van der Waals surface area contributed by atoms with Crippen molar-refractivity contribution in [2.75, 3.05) is 7.05 Å². The van der Waals surface area contributed by atoms with Crippen molar-refractivity contribution >= 4 is 0 Å². The molecule has 1 aliphatic rings. The van der Waals surface area contributed by atoms with Gasteiger partial charge in [-0.05, 0) is 50.4 Å². The highest BCUT2D eigenvalue weighted by atomic mass is 16.5. The average molecular weight is 219 g/mol. The van der Waals surface area contributed by atoms with Crippen LogP contribution in [-0.4, -0.2) is 19.2 Å². The molecule has 0 aromatic heterocycles. The van der Waals surface area contributed by atoms with Crippen LogP contribution in [0.25, 0.3) is 0 Å². The predicted molar refractivity (Wildman–Crippen MR) is 66.9 cm³/mol. The van der Waals surface area contributed by atoms with Gasteiger partial charge in [0, 0.05) is 6.04 Å². The summed E-state index contributed by atoms with van der Waals surface area (Å²) in [5.74, 6) is 1.01. The minimum atomic E-state index is 0.393. The molecule has 1 saturated carbocycles. The van der Waals surface area contributed by atoms with Gasteiger partial charge in [-0.15, -0.1) is 0 Å². The van der Waals surface area contributed by atoms with Crippen LogP contribution >= 0.6 is 0 Å². The highest BCUT2D eigenvalue weighted by Crippen LogP contribution is 2.24. The third kappa shape index (κ3) is 2.76. The number of hydrogen-bond acceptors (Lipinski definition) is 2. The number of nitrogens with one attached hydrogen (secondary N) is 1. The molecule has 2 heteroatoms. The molecule has 2 nitrogen and oxygen atoms in total. The first-order chi connectivity index (χ1) is 7.81. The molecule has 88 valence electrons. The molecule has 0 saturated heterocycles. The molecule has 1 aromatic rings. The number of rotatable bonds is 4. The molecule has 0 amide bonds. The van der Waals surface area contributed by atoms with E-state index in [9.17, 15) is 0 Å². The van der Waals surface area contributed by atoms with Crippen molar-refractivity contribution in [1.29, 1.82) is 0 Å². The fourth-order valence-electron chi connectivity index (χ4n) is 2.31. The Morgan fingerprint density at radius 3 is 2.56 bits per heavy atom. The highest BCUT2D eigenvalue weighted by molar-refractivity contribution is 5.27. The van der Waals surface area contributed by atoms with Crippen LogP contribution in [0.1, 0.15) is 31.7 Å². The molecule has 16 heavy (non-hydrogen) atoms. The van der Waals surface area contributed by atoms with E-state index in [0.717, 1.165) is 18.6 Å². The SMILES string of the molecule is CCc1ccc(OC2CCC(NC)C2)cc1. The molecule has 1 aliphatic carbocycles. The first-order valence-corrected chi connectivity index (χ1v) is 6.24. The summed E-state index contributed by atoms with van der Waals surface area (Å²) in [7, 11) is 2.03. The van der Waals surface area contributed by atoms with E-state index in [2.05, 4.69) is 36.5 Å². The zero-order chi connectivity index (χ0) is 11.4. The standard InChI is InChI=1S/C14H21NO/c1-3-11-4-7-13(8-5-11)16-14-9-6-12(10-14)15-2/h4-5,7-8,12,14-15H,3,6,9-10H2,1-2H3. The van der Waals surface area contributed by atoms with Crippen LogP contribution in [0.2, 0.25) is 0 Å². The van der Waals surface area contributed by atoms with Gasteiger partial charge in [-0.1, -0.05) is 19.1 Å². The molecule has 1 aromatic carbocycles. The van der Waals surface area contributed by atoms with Crippen molar-refractivity contribution in [2.24, 2.45) is 0 Å². The number of hydrogen-bond donors (Lipinski definition) is 1. The van der Waals surface area contributed by atoms with Gasteiger partial charge < -0.3 is 10.1 Å². The van der Waals surface area contributed by atoms with Gasteiger partial charge in [-0.25, -0.2) is 0 Å². The van der Waals surface area contributed by atoms with E-state index >= 15 is 0 Å². The van der Waals surface area contributed by atoms with E-state index in [-0.39, 0.29) is 0 Å². The van der Waals surface area contributed by atoms with Crippen molar-refractivity contribution in [3.8, 4) is 5.75 Å². The maximum atomic E-state index is 5.97. The summed E-state index contributed by atoms with van der Waals surface area (Å²) in [6, 6.07) is 9.12. The Kier molecular flexibility index (Phi) is 3.83. The average Bonchev–Trinajstić information content (AvgIpc) is 2.78. The zero-order valence-electron chi connectivity index (χ0n) is 10.2. The smallest absolute Gasteiger partial charge is 0.119 e. The lowest BCUT2D eigenvalue weighted by molar-refractivity contribution is 0.206. The van der Waals surface area contributed by atoms with Gasteiger partial charge in [-0.2, -0.15) is 0 Å². The molecule has 2 atom stereocenters. The highest BCUT2D eigenvalue weighted by Gasteiger charge is 2.24. The summed E-state index contributed by atoms with van der Waals surface area (Å²) in [6.07, 6.45) is 5.01. The van der Waals surface area contributed by atoms with Crippen LogP contribution in [0.5, 0.6) is 5.75 Å². The first-order valence-electron chi connectivity index (χ1n) is 6.24. The number of benzene rings is 1. The van der Waals surface area contributed by atoms with Crippen LogP contribution in [0.4, 0.5) is 0 Å². The van der Waals surface area contributed by atoms with Crippen molar-refractivity contribution in [3.63, 3.8) is 0 Å². The van der Waals surface area contributed by atoms with Gasteiger partial charge in [0.1, 0.15) is 11.9 Å². The van der Waals surface area contributed by atoms with E-state index < -0.39 is 0 Å². The van der Waals surface area contributed by atoms with E-state index in [4.69, 9.17) is 4.74 Å². The Balaban J connectivity index is 1.89. The van der Waals surface area contributed by atoms with E-state index in [1.807, 2.05) is 7.05 Å². The van der Waals surface area contributed by atoms with Crippen molar-refractivity contribution in [2.45, 2.75) is 44.8 Å². The third-order valence-electron chi connectivity index (χ3n) is 3.43. The molecule has 1 fully saturated rings. The topological polar surface area (TPSA) is 21.3 Å². The minimum absolute atomic E-state index is 0.393. The van der Waals surface area contributed by atoms with Crippen LogP contribution in [0.15, 0.2) is 24.3 Å². The lowest BCUT2D eigenvalue weighted by Crippen LogP contribution is -2.23. The third-order valence-corrected chi connectivity index (χ3v) is 3.43. The van der Waals surface area contributed by atoms with Gasteiger partial charge >= 0.3 is 0 Å². The van der Waals surface area contributed by atoms with Gasteiger partial charge in [0.25, 0.3) is 0 Å². The van der Waals surface area contributed by atoms with E-state index in [0.29, 0.717) is 12.1 Å². The zero-order valence-corrected chi connectivity index (χ0v) is 10.2. The Morgan fingerprint density at radius 2 is 2.00 bits per heavy atom. The summed E-state index contributed by atoms with van der Waals surface area (Å²) in [4.78, 5) is 0. The van der Waals surface area contributed by atoms with Gasteiger partial charge in [0.15, 0.2) is 0 Å². The molecule has 0 aliphatic heterocycles. The summed E-state index contributed by atoms with van der Waals surface area (Å²) in [6.45, 7) is 2.17. The fourth-order valence-corrected chi connectivity index (χ4v) is 2.31. The normalized spacial score (nSPS) is 24.6. The van der Waals surface area contributed by atoms with Crippen LogP contribution in [0, 0.1) is 0 Å². The second-order valence-corrected chi connectivity index (χ2v) is 4.54. The minimum Gasteiger partial charge on any atom is -0.490 e. The summed E-state index contributed by atoms with van der Waals surface area (Å²) >= 11 is 0. The summed E-state index contributed by atoms with van der Waals surface area (Å²) in [5.41, 5.74) is 1.37. The largest absolute Gasteiger partial charge is 0.490 e. The predicted octanol–water partition coefficient (Wildman–Crippen LogP) is 2.77. The molecular formula is C14H21NO. The second kappa shape index (κ2) is 5.35. The van der Waals surface area contributed by atoms with E-state index in [1.165, 1.54) is 18.4 Å². The van der Waals surface area contributed by atoms with Gasteiger partial charge in [0.05, 0.1) is 0 Å². The van der Waals surface area contributed by atoms with Crippen molar-refractivity contribution < 1.29 is 4.74 Å². The van der Waals surface area contributed by atoms with Gasteiger partial charge in [-0.3, -0.25) is 0 Å². The molecule has 2 unspecified atom stereocenters. The van der Waals surface area contributed by atoms with Crippen LogP contribution < -0.4 is 10.1 Å². The van der Waals surface area contributed by atoms with Crippen molar-refractivity contribution in [1.82, 2.24) is 5.32 Å². The van der Waals surface area contributed by atoms with Crippen LogP contribution in [0.3, 0.4) is 0 Å². The van der Waals surface area contributed by atoms with Gasteiger partial charge in [0.2, 0.25) is 0 Å². The molecular weight excluding hydrogens is 198 g/mol. The lowest BCUT2D eigenvalue weighted by Gasteiger charge is -2.14. The molecule has 0 spiro atoms. The maximum absolute atomic E-state index is 5.97. The van der Waals surface area contributed by atoms with Crippen molar-refractivity contribution in [3.05, 3.63) is 29.8 Å². The monoisotopic (exact) mass is 219 g/mol. The summed E-state index contributed by atoms with van der Waals surface area (Å²) in [5, 5.41) is 3.32. The Labute approximate surface area is 98.0 Å². The molecule has 0 heterocycles. The molecule has 1 N–H and O–H groups in total. The fraction of sp³-hybridized carbons (Fsp3) is 0.571. The maximum Gasteiger partial charge on any atom is 0.119 e. The summed E-state index contributed by atoms with van der Waals surface area (Å²) < 4.78 is 5.97.